The standard InChI is InChI=1S/2C10H7.Al/c2*1-2-6-10-8-4-3-7-9(10)5-1;/h2*1-7H;. The van der Waals surface area contributed by atoms with Crippen molar-refractivity contribution >= 4 is 45.6 Å². The van der Waals surface area contributed by atoms with Crippen LogP contribution in [0.4, 0.5) is 0 Å². The molecule has 4 aromatic rings. The molecule has 0 amide bonds. The Morgan fingerprint density at radius 3 is 1.38 bits per heavy atom. The van der Waals surface area contributed by atoms with Crippen molar-refractivity contribution < 1.29 is 0 Å². The van der Waals surface area contributed by atoms with Crippen molar-refractivity contribution in [2.45, 2.75) is 0 Å². The Balaban J connectivity index is 1.87. The van der Waals surface area contributed by atoms with Crippen LogP contribution in [0.3, 0.4) is 0 Å². The second kappa shape index (κ2) is 5.37. The van der Waals surface area contributed by atoms with Crippen molar-refractivity contribution in [1.29, 1.82) is 0 Å². The number of hydrogen-bond donors (Lipinski definition) is 0. The van der Waals surface area contributed by atoms with Crippen LogP contribution < -0.4 is 8.85 Å². The summed E-state index contributed by atoms with van der Waals surface area (Å²) in [5.74, 6) is 0. The van der Waals surface area contributed by atoms with E-state index < -0.39 is 0 Å². The summed E-state index contributed by atoms with van der Waals surface area (Å²) in [6.07, 6.45) is 0. The van der Waals surface area contributed by atoms with Gasteiger partial charge in [0.15, 0.2) is 0 Å². The molecular formula is C20H14Al. The fraction of sp³-hybridized carbons (Fsp3) is 0. The maximum Gasteiger partial charge on any atom is 0.300 e. The van der Waals surface area contributed by atoms with Gasteiger partial charge in [0, 0.05) is 0 Å². The zero-order valence-electron chi connectivity index (χ0n) is 11.7. The summed E-state index contributed by atoms with van der Waals surface area (Å²) in [4.78, 5) is 0. The molecule has 0 saturated heterocycles. The topological polar surface area (TPSA) is 0 Å². The van der Waals surface area contributed by atoms with Gasteiger partial charge in [-0.1, -0.05) is 84.9 Å². The second-order valence-corrected chi connectivity index (χ2v) is 6.81. The van der Waals surface area contributed by atoms with Crippen molar-refractivity contribution in [3.8, 4) is 0 Å². The van der Waals surface area contributed by atoms with E-state index >= 15 is 0 Å². The molecule has 0 N–H and O–H groups in total. The van der Waals surface area contributed by atoms with Crippen LogP contribution in [0.5, 0.6) is 0 Å². The molecule has 21 heavy (non-hydrogen) atoms. The number of fused-ring (bicyclic) bond motifs is 2. The largest absolute Gasteiger partial charge is 0.300 e. The monoisotopic (exact) mass is 281 g/mol. The van der Waals surface area contributed by atoms with Gasteiger partial charge >= 0.3 is 15.2 Å². The molecule has 4 aromatic carbocycles. The Morgan fingerprint density at radius 2 is 0.857 bits per heavy atom. The highest BCUT2D eigenvalue weighted by Crippen LogP contribution is 2.12. The van der Waals surface area contributed by atoms with Crippen LogP contribution in [0.25, 0.3) is 21.5 Å². The zero-order valence-corrected chi connectivity index (χ0v) is 12.8. The maximum atomic E-state index is 2.28. The van der Waals surface area contributed by atoms with Gasteiger partial charge < -0.3 is 0 Å². The van der Waals surface area contributed by atoms with E-state index in [2.05, 4.69) is 84.9 Å². The summed E-state index contributed by atoms with van der Waals surface area (Å²) in [6.45, 7) is 0. The fourth-order valence-electron chi connectivity index (χ4n) is 2.92. The van der Waals surface area contributed by atoms with Gasteiger partial charge in [0.1, 0.15) is 0 Å². The fourth-order valence-corrected chi connectivity index (χ4v) is 4.51. The number of benzene rings is 4. The van der Waals surface area contributed by atoms with E-state index in [0.717, 1.165) is 0 Å². The summed E-state index contributed by atoms with van der Waals surface area (Å²) in [5, 5.41) is 5.45. The zero-order chi connectivity index (χ0) is 14.1. The predicted octanol–water partition coefficient (Wildman–Crippen LogP) is 3.65. The first-order valence-electron chi connectivity index (χ1n) is 7.22. The normalized spacial score (nSPS) is 10.9. The third-order valence-electron chi connectivity index (χ3n) is 3.96. The highest BCUT2D eigenvalue weighted by molar-refractivity contribution is 6.72. The Bertz CT molecular complexity index is 837. The first-order valence-corrected chi connectivity index (χ1v) is 8.37. The third-order valence-corrected chi connectivity index (χ3v) is 5.59. The SMILES string of the molecule is c1ccc2[c]([Al][c]3cccc4ccccc34)cccc2c1. The first kappa shape index (κ1) is 12.7. The van der Waals surface area contributed by atoms with Gasteiger partial charge in [-0.2, -0.15) is 0 Å². The van der Waals surface area contributed by atoms with Crippen LogP contribution in [0.15, 0.2) is 84.9 Å². The lowest BCUT2D eigenvalue weighted by Crippen LogP contribution is -2.28. The molecule has 1 heteroatoms. The van der Waals surface area contributed by atoms with E-state index in [1.165, 1.54) is 30.4 Å². The van der Waals surface area contributed by atoms with Crippen molar-refractivity contribution in [3.05, 3.63) is 84.9 Å². The lowest BCUT2D eigenvalue weighted by molar-refractivity contribution is 1.77. The highest BCUT2D eigenvalue weighted by atomic mass is 27.1. The van der Waals surface area contributed by atoms with Gasteiger partial charge in [0.2, 0.25) is 0 Å². The maximum absolute atomic E-state index is 2.28. The molecule has 0 bridgehead atoms. The van der Waals surface area contributed by atoms with Crippen LogP contribution in [0.1, 0.15) is 0 Å². The average Bonchev–Trinajstić information content (AvgIpc) is 2.56. The number of hydrogen-bond acceptors (Lipinski definition) is 0. The quantitative estimate of drug-likeness (QED) is 0.492. The Morgan fingerprint density at radius 1 is 0.429 bits per heavy atom. The van der Waals surface area contributed by atoms with Crippen LogP contribution in [-0.2, 0) is 0 Å². The lowest BCUT2D eigenvalue weighted by Gasteiger charge is -2.08. The van der Waals surface area contributed by atoms with Crippen molar-refractivity contribution in [3.63, 3.8) is 0 Å². The van der Waals surface area contributed by atoms with Crippen molar-refractivity contribution in [2.24, 2.45) is 0 Å². The molecule has 0 unspecified atom stereocenters. The van der Waals surface area contributed by atoms with Crippen LogP contribution >= 0.6 is 0 Å². The number of rotatable bonds is 2. The minimum absolute atomic E-state index is 0.103. The minimum Gasteiger partial charge on any atom is -0.109 e. The Labute approximate surface area is 130 Å². The summed E-state index contributed by atoms with van der Waals surface area (Å²) in [7, 11) is 0. The van der Waals surface area contributed by atoms with Gasteiger partial charge in [-0.25, -0.2) is 0 Å². The second-order valence-electron chi connectivity index (χ2n) is 5.28. The van der Waals surface area contributed by atoms with E-state index in [9.17, 15) is 0 Å². The third kappa shape index (κ3) is 2.36. The molecule has 0 aromatic heterocycles. The first-order chi connectivity index (χ1) is 10.4. The smallest absolute Gasteiger partial charge is 0.109 e. The molecule has 4 rings (SSSR count). The summed E-state index contributed by atoms with van der Waals surface area (Å²) in [6, 6.07) is 30.7. The molecule has 0 saturated carbocycles. The highest BCUT2D eigenvalue weighted by Gasteiger charge is 2.07. The van der Waals surface area contributed by atoms with E-state index in [0.29, 0.717) is 0 Å². The molecule has 0 fully saturated rings. The Hall–Kier alpha value is -2.07. The summed E-state index contributed by atoms with van der Waals surface area (Å²) in [5.41, 5.74) is 0. The molecule has 97 valence electrons. The summed E-state index contributed by atoms with van der Waals surface area (Å²) >= 11 is 0.103. The molecule has 0 nitrogen and oxygen atoms in total. The minimum atomic E-state index is 0.103. The van der Waals surface area contributed by atoms with Gasteiger partial charge in [-0.15, -0.1) is 8.85 Å². The molecule has 0 aliphatic heterocycles. The van der Waals surface area contributed by atoms with E-state index in [4.69, 9.17) is 0 Å². The summed E-state index contributed by atoms with van der Waals surface area (Å²) < 4.78 is 2.95. The van der Waals surface area contributed by atoms with Gasteiger partial charge in [0.05, 0.1) is 0 Å². The van der Waals surface area contributed by atoms with Crippen molar-refractivity contribution in [2.75, 3.05) is 0 Å². The Kier molecular flexibility index (Phi) is 3.24. The van der Waals surface area contributed by atoms with E-state index in [1.54, 1.807) is 0 Å². The predicted molar refractivity (Wildman–Crippen MR) is 92.9 cm³/mol. The molecule has 0 aliphatic carbocycles. The van der Waals surface area contributed by atoms with E-state index in [1.807, 2.05) is 0 Å². The molecule has 0 heterocycles. The molecule has 0 aliphatic rings. The van der Waals surface area contributed by atoms with Crippen molar-refractivity contribution in [1.82, 2.24) is 0 Å². The molecule has 0 spiro atoms. The van der Waals surface area contributed by atoms with Gasteiger partial charge in [0.25, 0.3) is 0 Å². The lowest BCUT2D eigenvalue weighted by atomic mass is 10.1. The molecular weight excluding hydrogens is 267 g/mol. The van der Waals surface area contributed by atoms with Gasteiger partial charge in [-0.3, -0.25) is 0 Å². The van der Waals surface area contributed by atoms with Gasteiger partial charge in [-0.05, 0) is 21.5 Å². The molecule has 0 atom stereocenters. The van der Waals surface area contributed by atoms with Crippen LogP contribution in [0, 0.1) is 0 Å². The van der Waals surface area contributed by atoms with Crippen LogP contribution in [-0.4, -0.2) is 15.2 Å². The van der Waals surface area contributed by atoms with E-state index in [-0.39, 0.29) is 15.2 Å². The van der Waals surface area contributed by atoms with Crippen LogP contribution in [0.2, 0.25) is 0 Å². The molecule has 1 radical (unpaired) electrons. The average molecular weight is 281 g/mol.